The highest BCUT2D eigenvalue weighted by Gasteiger charge is 2.26. The van der Waals surface area contributed by atoms with Crippen LogP contribution in [0.3, 0.4) is 0 Å². The molecule has 2 aromatic heterocycles. The lowest BCUT2D eigenvalue weighted by molar-refractivity contribution is 0.0703. The molecule has 1 aliphatic heterocycles. The van der Waals surface area contributed by atoms with Crippen LogP contribution in [0.5, 0.6) is 0 Å². The summed E-state index contributed by atoms with van der Waals surface area (Å²) in [4.78, 5) is 23.6. The van der Waals surface area contributed by atoms with Gasteiger partial charge in [0.25, 0.3) is 5.91 Å². The van der Waals surface area contributed by atoms with Crippen molar-refractivity contribution in [1.29, 1.82) is 0 Å². The summed E-state index contributed by atoms with van der Waals surface area (Å²) in [6.07, 6.45) is 4.43. The van der Waals surface area contributed by atoms with Gasteiger partial charge >= 0.3 is 0 Å². The van der Waals surface area contributed by atoms with E-state index < -0.39 is 0 Å². The summed E-state index contributed by atoms with van der Waals surface area (Å²) >= 11 is 0. The molecule has 1 saturated heterocycles. The maximum absolute atomic E-state index is 12.8. The smallest absolute Gasteiger partial charge is 0.255 e. The van der Waals surface area contributed by atoms with Gasteiger partial charge in [0.1, 0.15) is 12.1 Å². The second-order valence-corrected chi connectivity index (χ2v) is 6.25. The third kappa shape index (κ3) is 2.89. The number of carbonyl (C=O) groups is 1. The molecule has 0 aliphatic carbocycles. The number of pyridine rings is 1. The van der Waals surface area contributed by atoms with Crippen molar-refractivity contribution in [2.75, 3.05) is 19.6 Å². The molecule has 6 nitrogen and oxygen atoms in total. The van der Waals surface area contributed by atoms with Gasteiger partial charge in [-0.2, -0.15) is 0 Å². The summed E-state index contributed by atoms with van der Waals surface area (Å²) in [5.41, 5.74) is 2.55. The molecule has 3 heterocycles. The largest absolute Gasteiger partial charge is 0.335 e. The standard InChI is InChI=1S/C19H21N5O/c1-2-23(15-9-10-20-12-15)19(25)14-7-8-18(21-11-14)24-13-22-16-5-3-4-6-17(16)24/h3-8,11,13,15,20H,2,9-10,12H2,1H3. The van der Waals surface area contributed by atoms with Gasteiger partial charge in [0.15, 0.2) is 0 Å². The zero-order valence-electron chi connectivity index (χ0n) is 14.2. The van der Waals surface area contributed by atoms with Crippen molar-refractivity contribution in [3.8, 4) is 5.82 Å². The topological polar surface area (TPSA) is 63.1 Å². The number of likely N-dealkylation sites (N-methyl/N-ethyl adjacent to an activating group) is 1. The van der Waals surface area contributed by atoms with Gasteiger partial charge in [-0.15, -0.1) is 0 Å². The van der Waals surface area contributed by atoms with Crippen LogP contribution in [0.2, 0.25) is 0 Å². The molecule has 4 rings (SSSR count). The molecule has 0 radical (unpaired) electrons. The van der Waals surface area contributed by atoms with Crippen LogP contribution >= 0.6 is 0 Å². The number of hydrogen-bond acceptors (Lipinski definition) is 4. The Morgan fingerprint density at radius 2 is 2.16 bits per heavy atom. The van der Waals surface area contributed by atoms with Gasteiger partial charge in [-0.3, -0.25) is 9.36 Å². The summed E-state index contributed by atoms with van der Waals surface area (Å²) in [7, 11) is 0. The van der Waals surface area contributed by atoms with E-state index in [9.17, 15) is 4.79 Å². The van der Waals surface area contributed by atoms with Gasteiger partial charge in [0, 0.05) is 25.3 Å². The molecule has 1 aliphatic rings. The van der Waals surface area contributed by atoms with Crippen LogP contribution in [-0.4, -0.2) is 51.0 Å². The molecule has 1 amide bonds. The van der Waals surface area contributed by atoms with Crippen LogP contribution in [-0.2, 0) is 0 Å². The molecule has 1 aromatic carbocycles. The Bertz CT molecular complexity index is 880. The minimum absolute atomic E-state index is 0.0470. The van der Waals surface area contributed by atoms with E-state index in [1.54, 1.807) is 12.5 Å². The van der Waals surface area contributed by atoms with Crippen molar-refractivity contribution >= 4 is 16.9 Å². The molecule has 3 aromatic rings. The zero-order chi connectivity index (χ0) is 17.2. The highest BCUT2D eigenvalue weighted by atomic mass is 16.2. The van der Waals surface area contributed by atoms with Gasteiger partial charge < -0.3 is 10.2 Å². The Balaban J connectivity index is 1.60. The summed E-state index contributed by atoms with van der Waals surface area (Å²) in [6, 6.07) is 11.9. The van der Waals surface area contributed by atoms with E-state index in [0.29, 0.717) is 12.1 Å². The van der Waals surface area contributed by atoms with E-state index in [4.69, 9.17) is 0 Å². The Morgan fingerprint density at radius 1 is 1.28 bits per heavy atom. The Morgan fingerprint density at radius 3 is 2.88 bits per heavy atom. The van der Waals surface area contributed by atoms with Crippen molar-refractivity contribution in [3.63, 3.8) is 0 Å². The lowest BCUT2D eigenvalue weighted by atomic mass is 10.1. The van der Waals surface area contributed by atoms with Gasteiger partial charge in [-0.25, -0.2) is 9.97 Å². The van der Waals surface area contributed by atoms with E-state index in [0.717, 1.165) is 36.4 Å². The number of imidazole rings is 1. The minimum atomic E-state index is 0.0470. The van der Waals surface area contributed by atoms with Crippen LogP contribution in [0.1, 0.15) is 23.7 Å². The highest BCUT2D eigenvalue weighted by Crippen LogP contribution is 2.18. The first kappa shape index (κ1) is 15.8. The summed E-state index contributed by atoms with van der Waals surface area (Å²) in [6.45, 7) is 4.57. The number of nitrogens with zero attached hydrogens (tertiary/aromatic N) is 4. The Labute approximate surface area is 146 Å². The quantitative estimate of drug-likeness (QED) is 0.794. The lowest BCUT2D eigenvalue weighted by Crippen LogP contribution is -2.41. The van der Waals surface area contributed by atoms with Gasteiger partial charge in [-0.05, 0) is 44.2 Å². The summed E-state index contributed by atoms with van der Waals surface area (Å²) in [5, 5.41) is 3.32. The van der Waals surface area contributed by atoms with Crippen LogP contribution in [0, 0.1) is 0 Å². The van der Waals surface area contributed by atoms with Crippen molar-refractivity contribution in [3.05, 3.63) is 54.5 Å². The molecular weight excluding hydrogens is 314 g/mol. The molecule has 128 valence electrons. The van der Waals surface area contributed by atoms with Gasteiger partial charge in [-0.1, -0.05) is 12.1 Å². The first-order valence-corrected chi connectivity index (χ1v) is 8.68. The molecule has 1 fully saturated rings. The monoisotopic (exact) mass is 335 g/mol. The number of para-hydroxylation sites is 2. The molecule has 0 bridgehead atoms. The highest BCUT2D eigenvalue weighted by molar-refractivity contribution is 5.94. The molecule has 1 atom stereocenters. The second kappa shape index (κ2) is 6.64. The van der Waals surface area contributed by atoms with Crippen LogP contribution in [0.25, 0.3) is 16.9 Å². The average molecular weight is 335 g/mol. The third-order valence-corrected chi connectivity index (χ3v) is 4.77. The number of aromatic nitrogens is 3. The van der Waals surface area contributed by atoms with Crippen LogP contribution in [0.4, 0.5) is 0 Å². The van der Waals surface area contributed by atoms with Crippen LogP contribution in [0.15, 0.2) is 48.9 Å². The van der Waals surface area contributed by atoms with E-state index in [1.165, 1.54) is 0 Å². The van der Waals surface area contributed by atoms with E-state index in [-0.39, 0.29) is 11.9 Å². The number of hydrogen-bond donors (Lipinski definition) is 1. The fourth-order valence-corrected chi connectivity index (χ4v) is 3.44. The molecule has 6 heteroatoms. The van der Waals surface area contributed by atoms with Crippen molar-refractivity contribution in [1.82, 2.24) is 24.8 Å². The molecule has 1 unspecified atom stereocenters. The van der Waals surface area contributed by atoms with Crippen molar-refractivity contribution in [2.45, 2.75) is 19.4 Å². The number of nitrogens with one attached hydrogen (secondary N) is 1. The third-order valence-electron chi connectivity index (χ3n) is 4.77. The van der Waals surface area contributed by atoms with E-state index in [1.807, 2.05) is 52.8 Å². The summed E-state index contributed by atoms with van der Waals surface area (Å²) in [5.74, 6) is 0.807. The van der Waals surface area contributed by atoms with Crippen molar-refractivity contribution in [2.24, 2.45) is 0 Å². The van der Waals surface area contributed by atoms with E-state index >= 15 is 0 Å². The maximum Gasteiger partial charge on any atom is 0.255 e. The average Bonchev–Trinajstić information content (AvgIpc) is 3.32. The van der Waals surface area contributed by atoms with E-state index in [2.05, 4.69) is 15.3 Å². The lowest BCUT2D eigenvalue weighted by Gasteiger charge is -2.27. The maximum atomic E-state index is 12.8. The fourth-order valence-electron chi connectivity index (χ4n) is 3.44. The van der Waals surface area contributed by atoms with Gasteiger partial charge in [0.2, 0.25) is 0 Å². The Kier molecular flexibility index (Phi) is 4.19. The minimum Gasteiger partial charge on any atom is -0.335 e. The number of rotatable bonds is 4. The molecule has 25 heavy (non-hydrogen) atoms. The van der Waals surface area contributed by atoms with Crippen molar-refractivity contribution < 1.29 is 4.79 Å². The predicted molar refractivity (Wildman–Crippen MR) is 96.9 cm³/mol. The number of carbonyl (C=O) groups excluding carboxylic acids is 1. The van der Waals surface area contributed by atoms with Crippen LogP contribution < -0.4 is 5.32 Å². The molecular formula is C19H21N5O. The number of benzene rings is 1. The summed E-state index contributed by atoms with van der Waals surface area (Å²) < 4.78 is 1.93. The normalized spacial score (nSPS) is 17.1. The first-order valence-electron chi connectivity index (χ1n) is 8.68. The predicted octanol–water partition coefficient (Wildman–Crippen LogP) is 2.24. The number of fused-ring (bicyclic) bond motifs is 1. The fraction of sp³-hybridized carbons (Fsp3) is 0.316. The first-order chi connectivity index (χ1) is 12.3. The molecule has 1 N–H and O–H groups in total. The van der Waals surface area contributed by atoms with Gasteiger partial charge in [0.05, 0.1) is 16.6 Å². The second-order valence-electron chi connectivity index (χ2n) is 6.25. The SMILES string of the molecule is CCN(C(=O)c1ccc(-n2cnc3ccccc32)nc1)C1CCNC1. The number of amides is 1. The zero-order valence-corrected chi connectivity index (χ0v) is 14.2. The molecule has 0 spiro atoms. The Hall–Kier alpha value is -2.73. The molecule has 0 saturated carbocycles.